The summed E-state index contributed by atoms with van der Waals surface area (Å²) < 4.78 is 16.2. The summed E-state index contributed by atoms with van der Waals surface area (Å²) in [5, 5.41) is 11.6. The molecule has 1 N–H and O–H groups in total. The van der Waals surface area contributed by atoms with Gasteiger partial charge >= 0.3 is 0 Å². The molecule has 150 valence electrons. The molecule has 1 aromatic heterocycles. The number of benzene rings is 2. The van der Waals surface area contributed by atoms with Gasteiger partial charge in [-0.2, -0.15) is 0 Å². The largest absolute Gasteiger partial charge is 0.468 e. The number of aliphatic hydroxyl groups is 1. The number of fused-ring (bicyclic) bond motifs is 1. The molecule has 2 atom stereocenters. The van der Waals surface area contributed by atoms with Gasteiger partial charge in [-0.1, -0.05) is 36.4 Å². The number of pyridine rings is 1. The molecule has 0 fully saturated rings. The third kappa shape index (κ3) is 4.94. The highest BCUT2D eigenvalue weighted by Gasteiger charge is 2.26. The van der Waals surface area contributed by atoms with E-state index in [2.05, 4.69) is 4.99 Å². The van der Waals surface area contributed by atoms with Crippen LogP contribution < -0.4 is 4.74 Å². The Kier molecular flexibility index (Phi) is 6.41. The number of aliphatic hydroxyl groups excluding tert-OH is 1. The zero-order valence-corrected chi connectivity index (χ0v) is 16.8. The molecule has 0 saturated heterocycles. The average molecular weight is 410 g/mol. The molecule has 29 heavy (non-hydrogen) atoms. The van der Waals surface area contributed by atoms with Crippen molar-refractivity contribution in [3.05, 3.63) is 71.9 Å². The fourth-order valence-electron chi connectivity index (χ4n) is 2.99. The number of rotatable bonds is 8. The lowest BCUT2D eigenvalue weighted by Gasteiger charge is -2.11. The van der Waals surface area contributed by atoms with Gasteiger partial charge in [-0.15, -0.1) is 11.8 Å². The average Bonchev–Trinajstić information content (AvgIpc) is 3.27. The van der Waals surface area contributed by atoms with Crippen molar-refractivity contribution >= 4 is 27.7 Å². The molecule has 2 heterocycles. The smallest absolute Gasteiger partial charge is 0.189 e. The van der Waals surface area contributed by atoms with E-state index in [9.17, 15) is 5.11 Å². The van der Waals surface area contributed by atoms with Crippen LogP contribution in [0.2, 0.25) is 0 Å². The van der Waals surface area contributed by atoms with E-state index in [1.54, 1.807) is 11.8 Å². The maximum absolute atomic E-state index is 9.79. The lowest BCUT2D eigenvalue weighted by Crippen LogP contribution is -2.26. The molecule has 1 aliphatic rings. The number of nitrogens with zero attached hydrogens (tertiary/aromatic N) is 2. The Morgan fingerprint density at radius 2 is 2.00 bits per heavy atom. The maximum Gasteiger partial charge on any atom is 0.189 e. The number of methoxy groups -OCH3 is 1. The van der Waals surface area contributed by atoms with E-state index in [0.29, 0.717) is 12.4 Å². The van der Waals surface area contributed by atoms with Gasteiger partial charge in [0.1, 0.15) is 16.8 Å². The molecule has 7 heteroatoms. The third-order valence-corrected chi connectivity index (χ3v) is 5.64. The van der Waals surface area contributed by atoms with E-state index < -0.39 is 6.29 Å². The van der Waals surface area contributed by atoms with Gasteiger partial charge in [-0.05, 0) is 29.8 Å². The first-order chi connectivity index (χ1) is 14.2. The third-order valence-electron chi connectivity index (χ3n) is 4.54. The number of aromatic nitrogens is 1. The van der Waals surface area contributed by atoms with Crippen LogP contribution in [0, 0.1) is 0 Å². The Morgan fingerprint density at radius 1 is 1.14 bits per heavy atom. The molecule has 0 aliphatic carbocycles. The van der Waals surface area contributed by atoms with E-state index in [0.717, 1.165) is 33.0 Å². The van der Waals surface area contributed by atoms with Gasteiger partial charge < -0.3 is 19.3 Å². The van der Waals surface area contributed by atoms with Crippen LogP contribution in [0.1, 0.15) is 11.3 Å². The van der Waals surface area contributed by atoms with Crippen LogP contribution in [-0.2, 0) is 16.1 Å². The number of aliphatic imine (C=N–C) groups is 1. The van der Waals surface area contributed by atoms with Gasteiger partial charge in [0.25, 0.3) is 0 Å². The van der Waals surface area contributed by atoms with Gasteiger partial charge in [0.2, 0.25) is 0 Å². The maximum atomic E-state index is 9.79. The normalized spacial score (nSPS) is 17.3. The summed E-state index contributed by atoms with van der Waals surface area (Å²) in [4.78, 5) is 9.22. The number of thioether (sulfide) groups is 1. The van der Waals surface area contributed by atoms with Crippen molar-refractivity contribution in [1.29, 1.82) is 0 Å². The van der Waals surface area contributed by atoms with Crippen LogP contribution in [0.25, 0.3) is 10.9 Å². The minimum absolute atomic E-state index is 0.183. The standard InChI is InChI=1S/C22H22N2O4S/c1-26-22(25)20-13-29-21(24-20)19-9-7-16-11-17(8-10-18(16)23-19)28-14-27-12-15-5-3-2-4-6-15/h2-11,20,22,25H,12-14H2,1H3. The van der Waals surface area contributed by atoms with Gasteiger partial charge in [0, 0.05) is 18.2 Å². The molecule has 1 aliphatic heterocycles. The Hall–Kier alpha value is -2.45. The summed E-state index contributed by atoms with van der Waals surface area (Å²) in [5.41, 5.74) is 2.77. The molecular weight excluding hydrogens is 388 g/mol. The summed E-state index contributed by atoms with van der Waals surface area (Å²) in [6.45, 7) is 0.695. The summed E-state index contributed by atoms with van der Waals surface area (Å²) >= 11 is 1.58. The quantitative estimate of drug-likeness (QED) is 0.452. The van der Waals surface area contributed by atoms with Gasteiger partial charge in [0.05, 0.1) is 17.8 Å². The second-order valence-electron chi connectivity index (χ2n) is 6.59. The second-order valence-corrected chi connectivity index (χ2v) is 7.59. The first kappa shape index (κ1) is 19.8. The van der Waals surface area contributed by atoms with Crippen LogP contribution >= 0.6 is 11.8 Å². The molecule has 0 saturated carbocycles. The lowest BCUT2D eigenvalue weighted by molar-refractivity contribution is -0.0837. The highest BCUT2D eigenvalue weighted by atomic mass is 32.2. The minimum Gasteiger partial charge on any atom is -0.468 e. The van der Waals surface area contributed by atoms with Crippen LogP contribution in [0.3, 0.4) is 0 Å². The van der Waals surface area contributed by atoms with E-state index in [1.807, 2.05) is 60.7 Å². The minimum atomic E-state index is -0.885. The van der Waals surface area contributed by atoms with E-state index in [1.165, 1.54) is 7.11 Å². The van der Waals surface area contributed by atoms with Crippen LogP contribution in [-0.4, -0.2) is 47.1 Å². The molecule has 2 unspecified atom stereocenters. The first-order valence-corrected chi connectivity index (χ1v) is 10.3. The fraction of sp³-hybridized carbons (Fsp3) is 0.273. The molecule has 3 aromatic rings. The molecule has 0 amide bonds. The fourth-order valence-corrected chi connectivity index (χ4v) is 4.03. The van der Waals surface area contributed by atoms with Crippen molar-refractivity contribution < 1.29 is 19.3 Å². The summed E-state index contributed by atoms with van der Waals surface area (Å²) in [6, 6.07) is 19.4. The van der Waals surface area contributed by atoms with Crippen LogP contribution in [0.5, 0.6) is 5.75 Å². The van der Waals surface area contributed by atoms with E-state index in [-0.39, 0.29) is 12.8 Å². The lowest BCUT2D eigenvalue weighted by atomic mass is 10.2. The highest BCUT2D eigenvalue weighted by molar-refractivity contribution is 8.14. The monoisotopic (exact) mass is 410 g/mol. The summed E-state index contributed by atoms with van der Waals surface area (Å²) in [7, 11) is 1.48. The molecule has 4 rings (SSSR count). The molecular formula is C22H22N2O4S. The highest BCUT2D eigenvalue weighted by Crippen LogP contribution is 2.27. The van der Waals surface area contributed by atoms with Gasteiger partial charge in [-0.25, -0.2) is 4.98 Å². The SMILES string of the molecule is COC(O)C1CSC(c2ccc3cc(OCOCc4ccccc4)ccc3n2)=N1. The summed E-state index contributed by atoms with van der Waals surface area (Å²) in [5.74, 6) is 1.41. The summed E-state index contributed by atoms with van der Waals surface area (Å²) in [6.07, 6.45) is -0.885. The molecule has 2 aromatic carbocycles. The van der Waals surface area contributed by atoms with Crippen LogP contribution in [0.15, 0.2) is 65.7 Å². The van der Waals surface area contributed by atoms with Gasteiger partial charge in [-0.3, -0.25) is 4.99 Å². The Bertz CT molecular complexity index is 997. The Morgan fingerprint density at radius 3 is 2.83 bits per heavy atom. The van der Waals surface area contributed by atoms with Crippen molar-refractivity contribution in [1.82, 2.24) is 4.98 Å². The predicted octanol–water partition coefficient (Wildman–Crippen LogP) is 3.61. The van der Waals surface area contributed by atoms with E-state index >= 15 is 0 Å². The van der Waals surface area contributed by atoms with Crippen molar-refractivity contribution in [2.45, 2.75) is 18.9 Å². The zero-order chi connectivity index (χ0) is 20.1. The Balaban J connectivity index is 1.38. The predicted molar refractivity (Wildman–Crippen MR) is 114 cm³/mol. The number of hydrogen-bond donors (Lipinski definition) is 1. The van der Waals surface area contributed by atoms with Gasteiger partial charge in [0.15, 0.2) is 13.1 Å². The van der Waals surface area contributed by atoms with Crippen molar-refractivity contribution in [2.75, 3.05) is 19.7 Å². The zero-order valence-electron chi connectivity index (χ0n) is 16.0. The molecule has 6 nitrogen and oxygen atoms in total. The molecule has 0 bridgehead atoms. The van der Waals surface area contributed by atoms with Crippen molar-refractivity contribution in [3.63, 3.8) is 0 Å². The number of ether oxygens (including phenoxy) is 3. The first-order valence-electron chi connectivity index (χ1n) is 9.30. The number of hydrogen-bond acceptors (Lipinski definition) is 7. The molecule has 0 spiro atoms. The second kappa shape index (κ2) is 9.37. The van der Waals surface area contributed by atoms with Crippen LogP contribution in [0.4, 0.5) is 0 Å². The van der Waals surface area contributed by atoms with Crippen molar-refractivity contribution in [2.24, 2.45) is 4.99 Å². The molecule has 0 radical (unpaired) electrons. The van der Waals surface area contributed by atoms with E-state index in [4.69, 9.17) is 19.2 Å². The topological polar surface area (TPSA) is 73.2 Å². The Labute approximate surface area is 173 Å². The van der Waals surface area contributed by atoms with Crippen molar-refractivity contribution in [3.8, 4) is 5.75 Å².